The van der Waals surface area contributed by atoms with Gasteiger partial charge in [-0.25, -0.2) is 0 Å². The molecule has 0 bridgehead atoms. The minimum atomic E-state index is -0.516. The summed E-state index contributed by atoms with van der Waals surface area (Å²) in [6.45, 7) is 2.64. The number of primary amides is 1. The monoisotopic (exact) mass is 285 g/mol. The molecule has 0 atom stereocenters. The Hall–Kier alpha value is -2.69. The molecule has 0 aliphatic carbocycles. The van der Waals surface area contributed by atoms with Gasteiger partial charge in [-0.3, -0.25) is 9.59 Å². The topological polar surface area (TPSA) is 73.3 Å². The summed E-state index contributed by atoms with van der Waals surface area (Å²) in [6.07, 6.45) is 3.29. The number of aromatic nitrogens is 1. The Morgan fingerprint density at radius 2 is 1.86 bits per heavy atom. The zero-order chi connectivity index (χ0) is 15.2. The summed E-state index contributed by atoms with van der Waals surface area (Å²) in [6, 6.07) is 10.3. The Balaban J connectivity index is 2.10. The lowest BCUT2D eigenvalue weighted by atomic mass is 10.1. The molecule has 21 heavy (non-hydrogen) atoms. The lowest BCUT2D eigenvalue weighted by Gasteiger charge is -2.03. The van der Waals surface area contributed by atoms with E-state index in [1.54, 1.807) is 53.4 Å². The van der Waals surface area contributed by atoms with Crippen LogP contribution in [-0.2, 0) is 6.54 Å². The van der Waals surface area contributed by atoms with Gasteiger partial charge in [-0.15, -0.1) is 0 Å². The van der Waals surface area contributed by atoms with Crippen LogP contribution in [0.1, 0.15) is 27.6 Å². The molecule has 0 radical (unpaired) electrons. The van der Waals surface area contributed by atoms with Crippen LogP contribution >= 0.6 is 0 Å². The first-order valence-electron chi connectivity index (χ1n) is 6.65. The maximum atomic E-state index is 12.2. The number of carbonyl (C=O) groups is 2. The number of hydrogen-bond acceptors (Lipinski definition) is 3. The standard InChI is InChI=1S/C16H16N2O3/c1-2-21-14-7-5-12(6-8-14)15(19)11-18-9-3-4-13(10-18)16(17)20/h3-10H,2,11H2,1H3,(H-,17,20)/p+1. The normalized spacial score (nSPS) is 10.1. The van der Waals surface area contributed by atoms with Crippen LogP contribution in [-0.4, -0.2) is 18.3 Å². The third kappa shape index (κ3) is 3.89. The van der Waals surface area contributed by atoms with Gasteiger partial charge < -0.3 is 10.5 Å². The number of amides is 1. The van der Waals surface area contributed by atoms with Gasteiger partial charge in [0.05, 0.1) is 6.61 Å². The van der Waals surface area contributed by atoms with E-state index in [1.165, 1.54) is 0 Å². The van der Waals surface area contributed by atoms with Gasteiger partial charge in [0.15, 0.2) is 12.4 Å². The molecule has 0 aliphatic heterocycles. The Kier molecular flexibility index (Phi) is 4.66. The molecular formula is C16H17N2O3+. The zero-order valence-corrected chi connectivity index (χ0v) is 11.8. The van der Waals surface area contributed by atoms with E-state index in [9.17, 15) is 9.59 Å². The highest BCUT2D eigenvalue weighted by Crippen LogP contribution is 2.12. The highest BCUT2D eigenvalue weighted by atomic mass is 16.5. The first kappa shape index (κ1) is 14.7. The van der Waals surface area contributed by atoms with E-state index in [1.807, 2.05) is 6.92 Å². The number of carbonyl (C=O) groups excluding carboxylic acids is 2. The van der Waals surface area contributed by atoms with Gasteiger partial charge in [0.1, 0.15) is 11.3 Å². The number of benzene rings is 1. The maximum absolute atomic E-state index is 12.2. The molecule has 2 aromatic rings. The smallest absolute Gasteiger partial charge is 0.254 e. The molecule has 0 unspecified atom stereocenters. The zero-order valence-electron chi connectivity index (χ0n) is 11.8. The number of hydrogen-bond donors (Lipinski definition) is 1. The minimum absolute atomic E-state index is 0.0512. The van der Waals surface area contributed by atoms with Gasteiger partial charge in [0.2, 0.25) is 12.3 Å². The molecule has 1 aromatic carbocycles. The van der Waals surface area contributed by atoms with E-state index in [-0.39, 0.29) is 12.3 Å². The SMILES string of the molecule is CCOc1ccc(C(=O)C[n+]2cccc(C(N)=O)c2)cc1. The molecular weight excluding hydrogens is 268 g/mol. The third-order valence-corrected chi connectivity index (χ3v) is 2.96. The van der Waals surface area contributed by atoms with Crippen LogP contribution in [0.3, 0.4) is 0 Å². The number of ketones is 1. The van der Waals surface area contributed by atoms with Gasteiger partial charge >= 0.3 is 0 Å². The summed E-state index contributed by atoms with van der Waals surface area (Å²) in [4.78, 5) is 23.3. The maximum Gasteiger partial charge on any atom is 0.254 e. The van der Waals surface area contributed by atoms with Crippen molar-refractivity contribution in [3.63, 3.8) is 0 Å². The molecule has 2 rings (SSSR count). The molecule has 0 saturated heterocycles. The van der Waals surface area contributed by atoms with E-state index in [2.05, 4.69) is 0 Å². The molecule has 5 nitrogen and oxygen atoms in total. The highest BCUT2D eigenvalue weighted by molar-refractivity contribution is 5.95. The number of Topliss-reactive ketones (excluding diaryl/α,β-unsaturated/α-hetero) is 1. The van der Waals surface area contributed by atoms with Crippen LogP contribution in [0.25, 0.3) is 0 Å². The summed E-state index contributed by atoms with van der Waals surface area (Å²) < 4.78 is 6.97. The van der Waals surface area contributed by atoms with Crippen molar-refractivity contribution in [2.75, 3.05) is 6.61 Å². The van der Waals surface area contributed by atoms with Gasteiger partial charge in [-0.05, 0) is 37.3 Å². The summed E-state index contributed by atoms with van der Waals surface area (Å²) >= 11 is 0. The first-order valence-corrected chi connectivity index (χ1v) is 6.65. The number of pyridine rings is 1. The number of nitrogens with two attached hydrogens (primary N) is 1. The second kappa shape index (κ2) is 6.65. The molecule has 1 amide bonds. The van der Waals surface area contributed by atoms with Crippen molar-refractivity contribution in [1.29, 1.82) is 0 Å². The van der Waals surface area contributed by atoms with E-state index >= 15 is 0 Å². The molecule has 0 aliphatic rings. The summed E-state index contributed by atoms with van der Waals surface area (Å²) in [5.74, 6) is 0.167. The molecule has 108 valence electrons. The number of rotatable bonds is 6. The molecule has 0 fully saturated rings. The average Bonchev–Trinajstić information content (AvgIpc) is 2.48. The Morgan fingerprint density at radius 1 is 1.14 bits per heavy atom. The van der Waals surface area contributed by atoms with Crippen molar-refractivity contribution in [3.8, 4) is 5.75 Å². The highest BCUT2D eigenvalue weighted by Gasteiger charge is 2.14. The third-order valence-electron chi connectivity index (χ3n) is 2.96. The molecule has 1 heterocycles. The van der Waals surface area contributed by atoms with E-state index in [0.717, 1.165) is 5.75 Å². The number of nitrogens with zero attached hydrogens (tertiary/aromatic N) is 1. The molecule has 0 spiro atoms. The lowest BCUT2D eigenvalue weighted by molar-refractivity contribution is -0.683. The molecule has 1 aromatic heterocycles. The van der Waals surface area contributed by atoms with Gasteiger partial charge in [-0.1, -0.05) is 0 Å². The Labute approximate surface area is 123 Å². The van der Waals surface area contributed by atoms with Crippen LogP contribution in [0.2, 0.25) is 0 Å². The summed E-state index contributed by atoms with van der Waals surface area (Å²) in [7, 11) is 0. The predicted octanol–water partition coefficient (Wildman–Crippen LogP) is 1.35. The van der Waals surface area contributed by atoms with E-state index < -0.39 is 5.91 Å². The second-order valence-corrected chi connectivity index (χ2v) is 4.51. The van der Waals surface area contributed by atoms with Crippen molar-refractivity contribution in [3.05, 3.63) is 59.9 Å². The quantitative estimate of drug-likeness (QED) is 0.643. The van der Waals surface area contributed by atoms with Crippen molar-refractivity contribution in [2.24, 2.45) is 5.73 Å². The van der Waals surface area contributed by atoms with Gasteiger partial charge in [-0.2, -0.15) is 4.57 Å². The van der Waals surface area contributed by atoms with Crippen LogP contribution < -0.4 is 15.0 Å². The Bertz CT molecular complexity index is 651. The van der Waals surface area contributed by atoms with Crippen LogP contribution in [0.4, 0.5) is 0 Å². The van der Waals surface area contributed by atoms with Crippen molar-refractivity contribution in [1.82, 2.24) is 0 Å². The fraction of sp³-hybridized carbons (Fsp3) is 0.188. The fourth-order valence-electron chi connectivity index (χ4n) is 1.93. The molecule has 0 saturated carbocycles. The van der Waals surface area contributed by atoms with Gasteiger partial charge in [0, 0.05) is 11.6 Å². The van der Waals surface area contributed by atoms with E-state index in [0.29, 0.717) is 17.7 Å². The van der Waals surface area contributed by atoms with Crippen LogP contribution in [0, 0.1) is 0 Å². The molecule has 5 heteroatoms. The molecule has 2 N–H and O–H groups in total. The fourth-order valence-corrected chi connectivity index (χ4v) is 1.93. The summed E-state index contributed by atoms with van der Waals surface area (Å²) in [5, 5.41) is 0. The second-order valence-electron chi connectivity index (χ2n) is 4.51. The van der Waals surface area contributed by atoms with E-state index in [4.69, 9.17) is 10.5 Å². The average molecular weight is 285 g/mol. The predicted molar refractivity (Wildman–Crippen MR) is 77.1 cm³/mol. The number of ether oxygens (including phenoxy) is 1. The largest absolute Gasteiger partial charge is 0.494 e. The van der Waals surface area contributed by atoms with Gasteiger partial charge in [0.25, 0.3) is 5.91 Å². The Morgan fingerprint density at radius 3 is 2.48 bits per heavy atom. The van der Waals surface area contributed by atoms with Crippen molar-refractivity contribution in [2.45, 2.75) is 13.5 Å². The first-order chi connectivity index (χ1) is 10.1. The van der Waals surface area contributed by atoms with Crippen LogP contribution in [0.15, 0.2) is 48.8 Å². The van der Waals surface area contributed by atoms with Crippen LogP contribution in [0.5, 0.6) is 5.75 Å². The minimum Gasteiger partial charge on any atom is -0.494 e. The van der Waals surface area contributed by atoms with Crippen molar-refractivity contribution >= 4 is 11.7 Å². The summed E-state index contributed by atoms with van der Waals surface area (Å²) in [5.41, 5.74) is 6.18. The lowest BCUT2D eigenvalue weighted by Crippen LogP contribution is -2.38. The van der Waals surface area contributed by atoms with Crippen molar-refractivity contribution < 1.29 is 18.9 Å².